The van der Waals surface area contributed by atoms with Crippen molar-refractivity contribution in [3.63, 3.8) is 0 Å². The molecule has 3 heteroatoms. The second kappa shape index (κ2) is 9.91. The molecule has 1 aromatic rings. The zero-order valence-electron chi connectivity index (χ0n) is 14.0. The number of benzene rings is 1. The molecule has 2 nitrogen and oxygen atoms in total. The number of hydrogen-bond donors (Lipinski definition) is 1. The fourth-order valence-corrected chi connectivity index (χ4v) is 2.80. The zero-order valence-corrected chi connectivity index (χ0v) is 14.0. The van der Waals surface area contributed by atoms with E-state index in [0.717, 1.165) is 31.0 Å². The van der Waals surface area contributed by atoms with Crippen LogP contribution in [0.2, 0.25) is 0 Å². The molecule has 1 unspecified atom stereocenters. The van der Waals surface area contributed by atoms with Gasteiger partial charge in [0.25, 0.3) is 0 Å². The van der Waals surface area contributed by atoms with E-state index in [0.29, 0.717) is 0 Å². The summed E-state index contributed by atoms with van der Waals surface area (Å²) in [6, 6.07) is 7.15. The van der Waals surface area contributed by atoms with Crippen molar-refractivity contribution in [3.8, 4) is 0 Å². The van der Waals surface area contributed by atoms with Crippen molar-refractivity contribution in [1.29, 1.82) is 0 Å². The molecule has 0 fully saturated rings. The molecular weight excluding hydrogens is 263 g/mol. The van der Waals surface area contributed by atoms with E-state index in [1.54, 1.807) is 12.1 Å². The van der Waals surface area contributed by atoms with Crippen molar-refractivity contribution in [2.75, 3.05) is 26.7 Å². The summed E-state index contributed by atoms with van der Waals surface area (Å²) in [7, 11) is 1.95. The second-order valence-corrected chi connectivity index (χ2v) is 5.76. The van der Waals surface area contributed by atoms with Crippen LogP contribution < -0.4 is 5.32 Å². The average Bonchev–Trinajstić information content (AvgIpc) is 2.51. The highest BCUT2D eigenvalue weighted by Crippen LogP contribution is 2.18. The lowest BCUT2D eigenvalue weighted by Crippen LogP contribution is -2.32. The fraction of sp³-hybridized carbons (Fsp3) is 0.667. The Hall–Kier alpha value is -0.930. The number of halogens is 1. The summed E-state index contributed by atoms with van der Waals surface area (Å²) in [5.41, 5.74) is 1.04. The maximum atomic E-state index is 13.4. The van der Waals surface area contributed by atoms with Gasteiger partial charge in [0.05, 0.1) is 0 Å². The summed E-state index contributed by atoms with van der Waals surface area (Å²) < 4.78 is 13.4. The zero-order chi connectivity index (χ0) is 15.7. The SMILES string of the molecule is CCC(CC)CN(CC)CCC(NC)c1cccc(F)c1. The summed E-state index contributed by atoms with van der Waals surface area (Å²) in [4.78, 5) is 2.52. The summed E-state index contributed by atoms with van der Waals surface area (Å²) in [5, 5.41) is 3.31. The van der Waals surface area contributed by atoms with Crippen LogP contribution in [0.4, 0.5) is 4.39 Å². The minimum Gasteiger partial charge on any atom is -0.313 e. The van der Waals surface area contributed by atoms with Gasteiger partial charge in [-0.25, -0.2) is 4.39 Å². The number of rotatable bonds is 10. The first kappa shape index (κ1) is 18.1. The van der Waals surface area contributed by atoms with E-state index >= 15 is 0 Å². The van der Waals surface area contributed by atoms with Crippen molar-refractivity contribution in [1.82, 2.24) is 10.2 Å². The Labute approximate surface area is 129 Å². The summed E-state index contributed by atoms with van der Waals surface area (Å²) >= 11 is 0. The molecule has 1 atom stereocenters. The highest BCUT2D eigenvalue weighted by atomic mass is 19.1. The van der Waals surface area contributed by atoms with Crippen LogP contribution in [0.25, 0.3) is 0 Å². The molecule has 0 saturated heterocycles. The smallest absolute Gasteiger partial charge is 0.123 e. The molecule has 0 aliphatic heterocycles. The van der Waals surface area contributed by atoms with Gasteiger partial charge in [-0.05, 0) is 50.2 Å². The molecular formula is C18H31FN2. The monoisotopic (exact) mass is 294 g/mol. The molecule has 120 valence electrons. The molecule has 0 spiro atoms. The third-order valence-corrected chi connectivity index (χ3v) is 4.45. The van der Waals surface area contributed by atoms with Gasteiger partial charge in [-0.15, -0.1) is 0 Å². The molecule has 0 amide bonds. The van der Waals surface area contributed by atoms with Crippen molar-refractivity contribution in [2.24, 2.45) is 5.92 Å². The molecule has 0 aromatic heterocycles. The van der Waals surface area contributed by atoms with Crippen molar-refractivity contribution in [2.45, 2.75) is 46.1 Å². The minimum absolute atomic E-state index is 0.155. The van der Waals surface area contributed by atoms with Crippen LogP contribution in [0.1, 0.15) is 51.6 Å². The Balaban J connectivity index is 2.56. The normalized spacial score (nSPS) is 13.1. The van der Waals surface area contributed by atoms with E-state index in [1.165, 1.54) is 25.5 Å². The van der Waals surface area contributed by atoms with Gasteiger partial charge in [0.1, 0.15) is 5.82 Å². The van der Waals surface area contributed by atoms with E-state index in [9.17, 15) is 4.39 Å². The molecule has 0 aliphatic rings. The van der Waals surface area contributed by atoms with Crippen LogP contribution in [-0.2, 0) is 0 Å². The first-order valence-electron chi connectivity index (χ1n) is 8.29. The second-order valence-electron chi connectivity index (χ2n) is 5.76. The average molecular weight is 294 g/mol. The molecule has 1 N–H and O–H groups in total. The van der Waals surface area contributed by atoms with Gasteiger partial charge in [-0.3, -0.25) is 0 Å². The Morgan fingerprint density at radius 3 is 2.43 bits per heavy atom. The van der Waals surface area contributed by atoms with E-state index in [4.69, 9.17) is 0 Å². The van der Waals surface area contributed by atoms with E-state index in [1.807, 2.05) is 13.1 Å². The van der Waals surface area contributed by atoms with Crippen LogP contribution in [0, 0.1) is 11.7 Å². The number of nitrogens with one attached hydrogen (secondary N) is 1. The third-order valence-electron chi connectivity index (χ3n) is 4.45. The molecule has 0 aliphatic carbocycles. The van der Waals surface area contributed by atoms with Crippen LogP contribution in [0.15, 0.2) is 24.3 Å². The van der Waals surface area contributed by atoms with Gasteiger partial charge < -0.3 is 10.2 Å². The highest BCUT2D eigenvalue weighted by Gasteiger charge is 2.14. The molecule has 1 aromatic carbocycles. The van der Waals surface area contributed by atoms with Gasteiger partial charge in [0.2, 0.25) is 0 Å². The van der Waals surface area contributed by atoms with E-state index in [-0.39, 0.29) is 11.9 Å². The standard InChI is InChI=1S/C18H31FN2/c1-5-15(6-2)14-21(7-3)12-11-18(20-4)16-9-8-10-17(19)13-16/h8-10,13,15,18,20H,5-7,11-12,14H2,1-4H3. The van der Waals surface area contributed by atoms with Crippen LogP contribution in [0.5, 0.6) is 0 Å². The highest BCUT2D eigenvalue weighted by molar-refractivity contribution is 5.20. The lowest BCUT2D eigenvalue weighted by atomic mass is 10.0. The Morgan fingerprint density at radius 1 is 1.19 bits per heavy atom. The van der Waals surface area contributed by atoms with Crippen molar-refractivity contribution >= 4 is 0 Å². The van der Waals surface area contributed by atoms with Crippen molar-refractivity contribution in [3.05, 3.63) is 35.6 Å². The molecule has 1 rings (SSSR count). The lowest BCUT2D eigenvalue weighted by Gasteiger charge is -2.27. The summed E-state index contributed by atoms with van der Waals surface area (Å²) in [6.07, 6.45) is 3.49. The molecule has 0 saturated carbocycles. The minimum atomic E-state index is -0.155. The fourth-order valence-electron chi connectivity index (χ4n) is 2.80. The van der Waals surface area contributed by atoms with Crippen LogP contribution in [-0.4, -0.2) is 31.6 Å². The molecule has 0 bridgehead atoms. The largest absolute Gasteiger partial charge is 0.313 e. The van der Waals surface area contributed by atoms with Gasteiger partial charge in [-0.1, -0.05) is 45.7 Å². The number of hydrogen-bond acceptors (Lipinski definition) is 2. The van der Waals surface area contributed by atoms with E-state index in [2.05, 4.69) is 31.0 Å². The first-order valence-corrected chi connectivity index (χ1v) is 8.29. The molecule has 0 radical (unpaired) electrons. The summed E-state index contributed by atoms with van der Waals surface area (Å²) in [6.45, 7) is 10.1. The lowest BCUT2D eigenvalue weighted by molar-refractivity contribution is 0.223. The number of nitrogens with zero attached hydrogens (tertiary/aromatic N) is 1. The topological polar surface area (TPSA) is 15.3 Å². The van der Waals surface area contributed by atoms with Gasteiger partial charge in [0, 0.05) is 12.6 Å². The third kappa shape index (κ3) is 6.15. The first-order chi connectivity index (χ1) is 10.1. The van der Waals surface area contributed by atoms with Gasteiger partial charge in [0.15, 0.2) is 0 Å². The molecule has 21 heavy (non-hydrogen) atoms. The predicted octanol–water partition coefficient (Wildman–Crippen LogP) is 4.23. The van der Waals surface area contributed by atoms with Gasteiger partial charge in [-0.2, -0.15) is 0 Å². The Kier molecular flexibility index (Phi) is 8.55. The van der Waals surface area contributed by atoms with Crippen LogP contribution >= 0.6 is 0 Å². The van der Waals surface area contributed by atoms with Crippen LogP contribution in [0.3, 0.4) is 0 Å². The Morgan fingerprint density at radius 2 is 1.90 bits per heavy atom. The molecule has 0 heterocycles. The predicted molar refractivity (Wildman–Crippen MR) is 89.0 cm³/mol. The van der Waals surface area contributed by atoms with Crippen molar-refractivity contribution < 1.29 is 4.39 Å². The summed E-state index contributed by atoms with van der Waals surface area (Å²) in [5.74, 6) is 0.629. The van der Waals surface area contributed by atoms with Gasteiger partial charge >= 0.3 is 0 Å². The van der Waals surface area contributed by atoms with E-state index < -0.39 is 0 Å². The maximum absolute atomic E-state index is 13.4. The quantitative estimate of drug-likeness (QED) is 0.694. The Bertz CT molecular complexity index is 391. The maximum Gasteiger partial charge on any atom is 0.123 e.